The van der Waals surface area contributed by atoms with Gasteiger partial charge in [0.2, 0.25) is 0 Å². The standard InChI is InChI=1S/C25H25NO6.H2O.2H2/c1-5-6-12-9-16(26(3)4)15-8-13-7-14-10-17(28)18(11(2)27)23(30)20(14)24(31)19(13)25(32)21(15)22(12)29;;;/h9,13-14,20,29-30,32H,7-8,10H2,1-4H3;1H2;2*1H. The summed E-state index contributed by atoms with van der Waals surface area (Å²) in [5.41, 5.74) is 1.80. The van der Waals surface area contributed by atoms with E-state index in [4.69, 9.17) is 0 Å². The Kier molecular flexibility index (Phi) is 6.14. The number of benzene rings is 1. The van der Waals surface area contributed by atoms with Crippen molar-refractivity contribution in [2.75, 3.05) is 19.0 Å². The number of ketones is 3. The number of phenols is 1. The van der Waals surface area contributed by atoms with Crippen LogP contribution in [0.5, 0.6) is 5.75 Å². The first-order chi connectivity index (χ1) is 15.1. The third-order valence-electron chi connectivity index (χ3n) is 6.71. The molecule has 0 aliphatic heterocycles. The molecule has 0 amide bonds. The number of hydrogen-bond donors (Lipinski definition) is 3. The van der Waals surface area contributed by atoms with Crippen LogP contribution < -0.4 is 4.90 Å². The summed E-state index contributed by atoms with van der Waals surface area (Å²) in [5.74, 6) is 1.17. The monoisotopic (exact) mass is 457 g/mol. The van der Waals surface area contributed by atoms with E-state index in [1.165, 1.54) is 6.92 Å². The Morgan fingerprint density at radius 2 is 1.85 bits per heavy atom. The topological polar surface area (TPSA) is 147 Å². The van der Waals surface area contributed by atoms with Gasteiger partial charge in [-0.3, -0.25) is 14.4 Å². The van der Waals surface area contributed by atoms with Gasteiger partial charge in [-0.25, -0.2) is 0 Å². The van der Waals surface area contributed by atoms with Crippen molar-refractivity contribution in [1.82, 2.24) is 0 Å². The lowest BCUT2D eigenvalue weighted by molar-refractivity contribution is -0.127. The molecule has 3 aliphatic carbocycles. The molecule has 1 fully saturated rings. The van der Waals surface area contributed by atoms with Crippen LogP contribution in [0.15, 0.2) is 23.0 Å². The van der Waals surface area contributed by atoms with Gasteiger partial charge in [-0.2, -0.15) is 0 Å². The van der Waals surface area contributed by atoms with Crippen LogP contribution in [0.25, 0.3) is 5.76 Å². The molecule has 8 nitrogen and oxygen atoms in total. The van der Waals surface area contributed by atoms with Gasteiger partial charge in [-0.15, -0.1) is 5.92 Å². The van der Waals surface area contributed by atoms with Gasteiger partial charge >= 0.3 is 0 Å². The molecule has 0 aromatic heterocycles. The van der Waals surface area contributed by atoms with Gasteiger partial charge in [0, 0.05) is 34.6 Å². The van der Waals surface area contributed by atoms with E-state index in [9.17, 15) is 29.7 Å². The van der Waals surface area contributed by atoms with Crippen molar-refractivity contribution in [2.45, 2.75) is 33.1 Å². The van der Waals surface area contributed by atoms with Crippen LogP contribution in [0, 0.1) is 29.6 Å². The van der Waals surface area contributed by atoms with Crippen molar-refractivity contribution >= 4 is 28.8 Å². The van der Waals surface area contributed by atoms with Crippen LogP contribution >= 0.6 is 0 Å². The molecule has 178 valence electrons. The second-order valence-corrected chi connectivity index (χ2v) is 8.86. The molecule has 0 radical (unpaired) electrons. The lowest BCUT2D eigenvalue weighted by Gasteiger charge is -2.41. The largest absolute Gasteiger partial charge is 0.511 e. The summed E-state index contributed by atoms with van der Waals surface area (Å²) in [6.45, 7) is 2.82. The predicted octanol–water partition coefficient (Wildman–Crippen LogP) is 2.52. The molecule has 3 unspecified atom stereocenters. The first kappa shape index (κ1) is 24.1. The maximum absolute atomic E-state index is 13.5. The Hall–Kier alpha value is -3.57. The van der Waals surface area contributed by atoms with Gasteiger partial charge in [0.05, 0.1) is 22.6 Å². The molecule has 0 spiro atoms. The molecule has 3 atom stereocenters. The number of aliphatic hydroxyl groups is 2. The number of aromatic hydroxyl groups is 1. The van der Waals surface area contributed by atoms with Gasteiger partial charge in [0.25, 0.3) is 0 Å². The van der Waals surface area contributed by atoms with E-state index in [1.54, 1.807) is 13.0 Å². The average molecular weight is 458 g/mol. The van der Waals surface area contributed by atoms with Gasteiger partial charge in [-0.1, -0.05) is 5.92 Å². The van der Waals surface area contributed by atoms with Crippen LogP contribution in [-0.2, 0) is 20.8 Å². The molecule has 8 heteroatoms. The molecular formula is C25H31NO7. The predicted molar refractivity (Wildman–Crippen MR) is 126 cm³/mol. The number of Topliss-reactive ketones (excluding diaryl/α,β-unsaturated/α-hetero) is 3. The van der Waals surface area contributed by atoms with Crippen LogP contribution in [0.4, 0.5) is 5.69 Å². The van der Waals surface area contributed by atoms with Crippen molar-refractivity contribution in [3.63, 3.8) is 0 Å². The Labute approximate surface area is 194 Å². The second kappa shape index (κ2) is 8.41. The van der Waals surface area contributed by atoms with Crippen molar-refractivity contribution in [3.05, 3.63) is 39.7 Å². The molecule has 0 saturated heterocycles. The summed E-state index contributed by atoms with van der Waals surface area (Å²) in [4.78, 5) is 39.7. The minimum absolute atomic E-state index is 0. The Bertz CT molecular complexity index is 1220. The fraction of sp³-hybridized carbons (Fsp3) is 0.400. The molecule has 33 heavy (non-hydrogen) atoms. The Morgan fingerprint density at radius 1 is 1.18 bits per heavy atom. The molecule has 4 rings (SSSR count). The Morgan fingerprint density at radius 3 is 2.42 bits per heavy atom. The first-order valence-electron chi connectivity index (χ1n) is 10.5. The number of aliphatic hydroxyl groups excluding tert-OH is 2. The summed E-state index contributed by atoms with van der Waals surface area (Å²) >= 11 is 0. The number of carbonyl (C=O) groups excluding carboxylic acids is 3. The molecular weight excluding hydrogens is 426 g/mol. The van der Waals surface area contributed by atoms with Crippen molar-refractivity contribution in [1.29, 1.82) is 0 Å². The zero-order valence-electron chi connectivity index (χ0n) is 18.9. The van der Waals surface area contributed by atoms with Crippen molar-refractivity contribution < 1.29 is 38.0 Å². The number of allylic oxidation sites excluding steroid dienone is 3. The van der Waals surface area contributed by atoms with Crippen LogP contribution in [0.3, 0.4) is 0 Å². The van der Waals surface area contributed by atoms with E-state index >= 15 is 0 Å². The lowest BCUT2D eigenvalue weighted by atomic mass is 9.61. The number of fused-ring (bicyclic) bond motifs is 3. The van der Waals surface area contributed by atoms with E-state index in [1.807, 2.05) is 19.0 Å². The smallest absolute Gasteiger partial charge is 0.173 e. The number of anilines is 1. The van der Waals surface area contributed by atoms with Gasteiger partial charge in [-0.05, 0) is 50.2 Å². The van der Waals surface area contributed by atoms with Crippen molar-refractivity contribution in [2.24, 2.45) is 17.8 Å². The van der Waals surface area contributed by atoms with E-state index in [2.05, 4.69) is 11.8 Å². The summed E-state index contributed by atoms with van der Waals surface area (Å²) < 4.78 is 0. The highest BCUT2D eigenvalue weighted by Gasteiger charge is 2.50. The molecule has 0 bridgehead atoms. The number of hydrogen-bond acceptors (Lipinski definition) is 7. The third kappa shape index (κ3) is 3.49. The minimum Gasteiger partial charge on any atom is -0.511 e. The van der Waals surface area contributed by atoms with E-state index < -0.39 is 34.9 Å². The summed E-state index contributed by atoms with van der Waals surface area (Å²) in [6.07, 6.45) is 0.798. The Balaban J connectivity index is 0.00000204. The number of rotatable bonds is 2. The molecule has 1 saturated carbocycles. The summed E-state index contributed by atoms with van der Waals surface area (Å²) in [6, 6.07) is 1.76. The highest BCUT2D eigenvalue weighted by atomic mass is 16.3. The number of carbonyl (C=O) groups is 3. The van der Waals surface area contributed by atoms with Gasteiger partial charge in [0.15, 0.2) is 17.3 Å². The molecule has 0 heterocycles. The lowest BCUT2D eigenvalue weighted by Crippen LogP contribution is -2.43. The number of phenolic OH excluding ortho intramolecular Hbond substituents is 1. The van der Waals surface area contributed by atoms with Gasteiger partial charge < -0.3 is 25.7 Å². The van der Waals surface area contributed by atoms with Gasteiger partial charge in [0.1, 0.15) is 17.3 Å². The summed E-state index contributed by atoms with van der Waals surface area (Å²) in [7, 11) is 3.69. The molecule has 5 N–H and O–H groups in total. The molecule has 3 aliphatic rings. The number of nitrogens with zero attached hydrogens (tertiary/aromatic N) is 1. The fourth-order valence-electron chi connectivity index (χ4n) is 5.43. The first-order valence-corrected chi connectivity index (χ1v) is 10.5. The van der Waals surface area contributed by atoms with E-state index in [0.29, 0.717) is 24.0 Å². The average Bonchev–Trinajstić information content (AvgIpc) is 2.68. The highest BCUT2D eigenvalue weighted by Crippen LogP contribution is 2.52. The SMILES string of the molecule is CC#Cc1cc(N(C)C)c2c(c1O)C(O)=C1C(=O)C3C(O)=C(C(C)=O)C(=O)CC3CC1C2.O.[HH].[HH]. The maximum Gasteiger partial charge on any atom is 0.173 e. The normalized spacial score (nSPS) is 23.6. The summed E-state index contributed by atoms with van der Waals surface area (Å²) in [5, 5.41) is 32.8. The highest BCUT2D eigenvalue weighted by molar-refractivity contribution is 6.22. The zero-order chi connectivity index (χ0) is 23.5. The second-order valence-electron chi connectivity index (χ2n) is 8.86. The fourth-order valence-corrected chi connectivity index (χ4v) is 5.43. The van der Waals surface area contributed by atoms with Crippen molar-refractivity contribution in [3.8, 4) is 17.6 Å². The van der Waals surface area contributed by atoms with Crippen LogP contribution in [0.1, 0.15) is 46.2 Å². The van der Waals surface area contributed by atoms with E-state index in [-0.39, 0.29) is 48.9 Å². The zero-order valence-corrected chi connectivity index (χ0v) is 18.9. The molecule has 1 aromatic carbocycles. The third-order valence-corrected chi connectivity index (χ3v) is 6.71. The van der Waals surface area contributed by atoms with Crippen LogP contribution in [0.2, 0.25) is 0 Å². The molecule has 1 aromatic rings. The minimum atomic E-state index is -1.05. The van der Waals surface area contributed by atoms with E-state index in [0.717, 1.165) is 5.69 Å². The quantitative estimate of drug-likeness (QED) is 0.457. The van der Waals surface area contributed by atoms with Crippen LogP contribution in [-0.4, -0.2) is 52.2 Å². The maximum atomic E-state index is 13.5.